The quantitative estimate of drug-likeness (QED) is 0.457. The molecule has 3 aliphatic heterocycles. The average molecular weight is 127 g/mol. The van der Waals surface area contributed by atoms with Gasteiger partial charge in [0.15, 0.2) is 0 Å². The molecule has 1 N–H and O–H groups in total. The van der Waals surface area contributed by atoms with Gasteiger partial charge in [0.1, 0.15) is 6.67 Å². The molecule has 0 atom stereocenters. The molecule has 2 bridgehead atoms. The van der Waals surface area contributed by atoms with E-state index >= 15 is 0 Å². The molecular weight excluding hydrogens is 112 g/mol. The number of piperidine rings is 1. The van der Waals surface area contributed by atoms with Gasteiger partial charge in [0.2, 0.25) is 0 Å². The van der Waals surface area contributed by atoms with E-state index < -0.39 is 0 Å². The van der Waals surface area contributed by atoms with Crippen LogP contribution in [0.5, 0.6) is 0 Å². The molecule has 0 saturated carbocycles. The van der Waals surface area contributed by atoms with Crippen molar-refractivity contribution < 1.29 is 4.48 Å². The highest BCUT2D eigenvalue weighted by molar-refractivity contribution is 4.73. The first-order valence-corrected chi connectivity index (χ1v) is 3.85. The normalized spacial score (nSPS) is 49.7. The molecule has 2 heteroatoms. The zero-order valence-corrected chi connectivity index (χ0v) is 6.06. The molecule has 0 radical (unpaired) electrons. The predicted octanol–water partition coefficient (Wildman–Crippen LogP) is 0.156. The third-order valence-corrected chi connectivity index (χ3v) is 2.80. The zero-order valence-electron chi connectivity index (χ0n) is 6.06. The van der Waals surface area contributed by atoms with Gasteiger partial charge in [0, 0.05) is 18.9 Å². The molecule has 0 aromatic carbocycles. The number of hydrogen-bond donors (Lipinski definition) is 1. The maximum absolute atomic E-state index is 3.53. The van der Waals surface area contributed by atoms with Crippen molar-refractivity contribution in [3.05, 3.63) is 0 Å². The Morgan fingerprint density at radius 3 is 2.22 bits per heavy atom. The highest BCUT2D eigenvalue weighted by Gasteiger charge is 2.35. The maximum atomic E-state index is 3.53. The molecule has 9 heavy (non-hydrogen) atoms. The van der Waals surface area contributed by atoms with Crippen LogP contribution < -0.4 is 5.32 Å². The standard InChI is InChI=1S/C7H15N2/c1-9-4-2-7(3-5-9)8-6-9/h7-8H,2-6H2,1H3/q+1. The molecule has 0 spiro atoms. The van der Waals surface area contributed by atoms with Crippen LogP contribution in [0.15, 0.2) is 0 Å². The van der Waals surface area contributed by atoms with Gasteiger partial charge in [-0.15, -0.1) is 0 Å². The fourth-order valence-electron chi connectivity index (χ4n) is 1.90. The smallest absolute Gasteiger partial charge is 0.132 e. The first kappa shape index (κ1) is 5.69. The third-order valence-electron chi connectivity index (χ3n) is 2.80. The van der Waals surface area contributed by atoms with E-state index in [0.717, 1.165) is 6.04 Å². The minimum Gasteiger partial charge on any atom is -0.314 e. The summed E-state index contributed by atoms with van der Waals surface area (Å²) in [5.74, 6) is 0. The van der Waals surface area contributed by atoms with Crippen molar-refractivity contribution in [3.8, 4) is 0 Å². The second-order valence-electron chi connectivity index (χ2n) is 3.70. The summed E-state index contributed by atoms with van der Waals surface area (Å²) in [4.78, 5) is 0. The van der Waals surface area contributed by atoms with Crippen molar-refractivity contribution in [3.63, 3.8) is 0 Å². The molecule has 3 saturated heterocycles. The van der Waals surface area contributed by atoms with Crippen molar-refractivity contribution in [2.45, 2.75) is 18.9 Å². The minimum atomic E-state index is 0.866. The van der Waals surface area contributed by atoms with Gasteiger partial charge in [-0.25, -0.2) is 0 Å². The molecule has 3 heterocycles. The Hall–Kier alpha value is -0.0800. The third kappa shape index (κ3) is 0.864. The van der Waals surface area contributed by atoms with E-state index in [9.17, 15) is 0 Å². The van der Waals surface area contributed by atoms with Gasteiger partial charge in [-0.3, -0.25) is 5.32 Å². The van der Waals surface area contributed by atoms with Gasteiger partial charge in [-0.1, -0.05) is 0 Å². The fraction of sp³-hybridized carbons (Fsp3) is 1.00. The summed E-state index contributed by atoms with van der Waals surface area (Å²) in [6, 6.07) is 0.866. The lowest BCUT2D eigenvalue weighted by Crippen LogP contribution is -2.64. The summed E-state index contributed by atoms with van der Waals surface area (Å²) in [6.07, 6.45) is 2.80. The molecule has 52 valence electrons. The first-order chi connectivity index (χ1) is 4.29. The van der Waals surface area contributed by atoms with Crippen molar-refractivity contribution in [1.82, 2.24) is 5.32 Å². The second kappa shape index (κ2) is 1.70. The Kier molecular flexibility index (Phi) is 1.08. The van der Waals surface area contributed by atoms with E-state index in [-0.39, 0.29) is 0 Å². The summed E-state index contributed by atoms with van der Waals surface area (Å²) in [6.45, 7) is 4.01. The van der Waals surface area contributed by atoms with Crippen LogP contribution in [0.3, 0.4) is 0 Å². The van der Waals surface area contributed by atoms with Crippen molar-refractivity contribution in [2.24, 2.45) is 0 Å². The molecule has 0 aromatic rings. The predicted molar refractivity (Wildman–Crippen MR) is 36.9 cm³/mol. The lowest BCUT2D eigenvalue weighted by atomic mass is 10.0. The second-order valence-corrected chi connectivity index (χ2v) is 3.70. The van der Waals surface area contributed by atoms with E-state index in [1.54, 1.807) is 0 Å². The SMILES string of the molecule is C[N+]12CCC(CC1)NC2. The first-order valence-electron chi connectivity index (χ1n) is 3.85. The molecule has 0 aliphatic carbocycles. The largest absolute Gasteiger partial charge is 0.314 e. The number of hydrogen-bond acceptors (Lipinski definition) is 1. The van der Waals surface area contributed by atoms with Crippen molar-refractivity contribution in [2.75, 3.05) is 26.8 Å². The van der Waals surface area contributed by atoms with Gasteiger partial charge in [0.05, 0.1) is 20.1 Å². The van der Waals surface area contributed by atoms with Crippen LogP contribution in [0, 0.1) is 0 Å². The van der Waals surface area contributed by atoms with Crippen molar-refractivity contribution in [1.29, 1.82) is 0 Å². The van der Waals surface area contributed by atoms with Crippen LogP contribution in [0.25, 0.3) is 0 Å². The van der Waals surface area contributed by atoms with Crippen LogP contribution in [0.4, 0.5) is 0 Å². The lowest BCUT2D eigenvalue weighted by molar-refractivity contribution is -0.926. The molecule has 3 fully saturated rings. The monoisotopic (exact) mass is 127 g/mol. The Morgan fingerprint density at radius 2 is 2.00 bits per heavy atom. The molecule has 3 aliphatic rings. The number of nitrogens with zero attached hydrogens (tertiary/aromatic N) is 1. The number of nitrogens with one attached hydrogen (secondary N) is 1. The molecule has 0 aromatic heterocycles. The fourth-order valence-corrected chi connectivity index (χ4v) is 1.90. The molecule has 2 nitrogen and oxygen atoms in total. The number of rotatable bonds is 0. The van der Waals surface area contributed by atoms with Crippen molar-refractivity contribution >= 4 is 0 Å². The minimum absolute atomic E-state index is 0.866. The molecule has 0 unspecified atom stereocenters. The van der Waals surface area contributed by atoms with Crippen LogP contribution in [0.1, 0.15) is 12.8 Å². The topological polar surface area (TPSA) is 12.0 Å². The highest BCUT2D eigenvalue weighted by atomic mass is 15.4. The summed E-state index contributed by atoms with van der Waals surface area (Å²) in [5.41, 5.74) is 0. The van der Waals surface area contributed by atoms with Crippen LogP contribution >= 0.6 is 0 Å². The zero-order chi connectivity index (χ0) is 6.32. The molecule has 0 amide bonds. The van der Waals surface area contributed by atoms with Crippen LogP contribution in [-0.2, 0) is 0 Å². The van der Waals surface area contributed by atoms with E-state index in [2.05, 4.69) is 12.4 Å². The van der Waals surface area contributed by atoms with Gasteiger partial charge in [0.25, 0.3) is 0 Å². The molecule has 3 rings (SSSR count). The van der Waals surface area contributed by atoms with Crippen LogP contribution in [-0.4, -0.2) is 37.3 Å². The Balaban J connectivity index is 2.11. The Bertz CT molecular complexity index is 100. The highest BCUT2D eigenvalue weighted by Crippen LogP contribution is 2.20. The number of fused-ring (bicyclic) bond motifs is 3. The average Bonchev–Trinajstić information content (AvgIpc) is 1.90. The Labute approximate surface area is 56.4 Å². The van der Waals surface area contributed by atoms with E-state index in [1.165, 1.54) is 37.1 Å². The summed E-state index contributed by atoms with van der Waals surface area (Å²) >= 11 is 0. The van der Waals surface area contributed by atoms with Gasteiger partial charge >= 0.3 is 0 Å². The summed E-state index contributed by atoms with van der Waals surface area (Å²) < 4.78 is 1.27. The lowest BCUT2D eigenvalue weighted by Gasteiger charge is -2.46. The summed E-state index contributed by atoms with van der Waals surface area (Å²) in [7, 11) is 2.35. The van der Waals surface area contributed by atoms with Gasteiger partial charge < -0.3 is 4.48 Å². The van der Waals surface area contributed by atoms with Crippen LogP contribution in [0.2, 0.25) is 0 Å². The maximum Gasteiger partial charge on any atom is 0.132 e. The van der Waals surface area contributed by atoms with E-state index in [1.807, 2.05) is 0 Å². The van der Waals surface area contributed by atoms with Gasteiger partial charge in [-0.2, -0.15) is 0 Å². The Morgan fingerprint density at radius 1 is 1.33 bits per heavy atom. The number of quaternary nitrogens is 1. The van der Waals surface area contributed by atoms with Gasteiger partial charge in [-0.05, 0) is 0 Å². The molecular formula is C7H15N2+. The van der Waals surface area contributed by atoms with E-state index in [4.69, 9.17) is 0 Å². The summed E-state index contributed by atoms with van der Waals surface area (Å²) in [5, 5.41) is 3.53. The van der Waals surface area contributed by atoms with E-state index in [0.29, 0.717) is 0 Å².